The lowest BCUT2D eigenvalue weighted by Gasteiger charge is -2.45. The van der Waals surface area contributed by atoms with Crippen LogP contribution in [0.15, 0.2) is 36.0 Å². The molecule has 0 N–H and O–H groups in total. The highest BCUT2D eigenvalue weighted by molar-refractivity contribution is 6.48. The molecule has 0 bridgehead atoms. The topological polar surface area (TPSA) is 9.23 Å². The van der Waals surface area contributed by atoms with Crippen molar-refractivity contribution in [1.82, 2.24) is 0 Å². The van der Waals surface area contributed by atoms with Crippen molar-refractivity contribution in [2.24, 2.45) is 5.41 Å². The molecule has 0 aliphatic heterocycles. The summed E-state index contributed by atoms with van der Waals surface area (Å²) in [5, 5.41) is 0. The molecule has 0 heterocycles. The van der Waals surface area contributed by atoms with Crippen LogP contribution >= 0.6 is 0 Å². The van der Waals surface area contributed by atoms with E-state index in [4.69, 9.17) is 4.43 Å². The third-order valence-electron chi connectivity index (χ3n) is 3.89. The summed E-state index contributed by atoms with van der Waals surface area (Å²) in [6, 6.07) is 0. The summed E-state index contributed by atoms with van der Waals surface area (Å²) in [5.41, 5.74) is 3.87. The van der Waals surface area contributed by atoms with Crippen LogP contribution in [0.2, 0.25) is 13.1 Å². The maximum Gasteiger partial charge on any atom is 0.206 e. The summed E-state index contributed by atoms with van der Waals surface area (Å²) in [6.45, 7) is 21.5. The van der Waals surface area contributed by atoms with E-state index in [1.54, 1.807) is 0 Å². The molecule has 1 aliphatic rings. The lowest BCUT2D eigenvalue weighted by Crippen LogP contribution is -2.47. The van der Waals surface area contributed by atoms with Crippen molar-refractivity contribution in [3.05, 3.63) is 36.0 Å². The predicted molar refractivity (Wildman–Crippen MR) is 82.0 cm³/mol. The first-order valence-electron chi connectivity index (χ1n) is 6.64. The first kappa shape index (κ1) is 15.5. The highest BCUT2D eigenvalue weighted by Gasteiger charge is 2.49. The monoisotopic (exact) mass is 263 g/mol. The number of hydrogen-bond donors (Lipinski definition) is 0. The summed E-state index contributed by atoms with van der Waals surface area (Å²) >= 11 is 0. The zero-order chi connectivity index (χ0) is 14.1. The van der Waals surface area contributed by atoms with Crippen molar-refractivity contribution in [2.75, 3.05) is 0 Å². The lowest BCUT2D eigenvalue weighted by atomic mass is 9.72. The Balaban J connectivity index is 3.30. The third-order valence-corrected chi connectivity index (χ3v) is 4.64. The minimum atomic E-state index is -0.752. The van der Waals surface area contributed by atoms with Crippen LogP contribution in [0, 0.1) is 5.41 Å². The smallest absolute Gasteiger partial charge is 0.206 e. The normalized spacial score (nSPS) is 25.2. The van der Waals surface area contributed by atoms with Gasteiger partial charge in [0, 0.05) is 6.42 Å². The van der Waals surface area contributed by atoms with Crippen molar-refractivity contribution >= 4 is 9.04 Å². The zero-order valence-corrected chi connectivity index (χ0v) is 13.8. The summed E-state index contributed by atoms with van der Waals surface area (Å²) in [4.78, 5) is 0. The van der Waals surface area contributed by atoms with Gasteiger partial charge in [-0.2, -0.15) is 0 Å². The van der Waals surface area contributed by atoms with Gasteiger partial charge in [0.1, 0.15) is 0 Å². The molecule has 1 unspecified atom stereocenters. The predicted octanol–water partition coefficient (Wildman–Crippen LogP) is 4.89. The average Bonchev–Trinajstić information content (AvgIpc) is 2.42. The van der Waals surface area contributed by atoms with Crippen molar-refractivity contribution in [3.63, 3.8) is 0 Å². The van der Waals surface area contributed by atoms with E-state index in [-0.39, 0.29) is 11.0 Å². The Bertz CT molecular complexity index is 384. The van der Waals surface area contributed by atoms with Gasteiger partial charge in [-0.05, 0) is 48.6 Å². The summed E-state index contributed by atoms with van der Waals surface area (Å²) in [6.07, 6.45) is 3.80. The largest absolute Gasteiger partial charge is 0.407 e. The van der Waals surface area contributed by atoms with Gasteiger partial charge in [0.15, 0.2) is 0 Å². The molecule has 0 aromatic rings. The minimum absolute atomic E-state index is 0.0882. The van der Waals surface area contributed by atoms with E-state index in [2.05, 4.69) is 53.9 Å². The van der Waals surface area contributed by atoms with Crippen molar-refractivity contribution in [2.45, 2.75) is 59.2 Å². The van der Waals surface area contributed by atoms with Gasteiger partial charge < -0.3 is 4.43 Å². The van der Waals surface area contributed by atoms with Gasteiger partial charge in [0.25, 0.3) is 0 Å². The molecule has 0 aromatic carbocycles. The molecule has 0 saturated carbocycles. The van der Waals surface area contributed by atoms with Crippen molar-refractivity contribution in [3.8, 4) is 0 Å². The first-order chi connectivity index (χ1) is 8.15. The summed E-state index contributed by atoms with van der Waals surface area (Å²) in [7, 11) is -0.752. The fourth-order valence-corrected chi connectivity index (χ4v) is 4.16. The summed E-state index contributed by atoms with van der Waals surface area (Å²) < 4.78 is 6.47. The van der Waals surface area contributed by atoms with Crippen LogP contribution in [0.5, 0.6) is 0 Å². The fraction of sp³-hybridized carbons (Fsp3) is 0.625. The Morgan fingerprint density at radius 2 is 1.94 bits per heavy atom. The first-order valence-corrected chi connectivity index (χ1v) is 9.05. The molecule has 0 aromatic heterocycles. The molecule has 1 aliphatic carbocycles. The van der Waals surface area contributed by atoms with Crippen LogP contribution in [-0.2, 0) is 4.43 Å². The van der Waals surface area contributed by atoms with E-state index in [0.717, 1.165) is 12.8 Å². The molecule has 0 amide bonds. The van der Waals surface area contributed by atoms with Gasteiger partial charge in [0.05, 0.1) is 5.60 Å². The second kappa shape index (κ2) is 5.18. The van der Waals surface area contributed by atoms with Crippen LogP contribution in [0.25, 0.3) is 0 Å². The Morgan fingerprint density at radius 3 is 2.33 bits per heavy atom. The fourth-order valence-electron chi connectivity index (χ4n) is 2.93. The molecule has 1 atom stereocenters. The van der Waals surface area contributed by atoms with E-state index < -0.39 is 9.04 Å². The highest BCUT2D eigenvalue weighted by Crippen LogP contribution is 2.52. The zero-order valence-electron chi connectivity index (χ0n) is 12.8. The van der Waals surface area contributed by atoms with Crippen LogP contribution in [0.1, 0.15) is 40.5 Å². The quantitative estimate of drug-likeness (QED) is 0.518. The van der Waals surface area contributed by atoms with Gasteiger partial charge in [0.2, 0.25) is 9.04 Å². The summed E-state index contributed by atoms with van der Waals surface area (Å²) in [5.74, 6) is 0. The molecule has 1 rings (SSSR count). The molecule has 0 saturated heterocycles. The van der Waals surface area contributed by atoms with Gasteiger partial charge in [-0.15, -0.1) is 6.58 Å². The van der Waals surface area contributed by atoms with Gasteiger partial charge in [-0.3, -0.25) is 0 Å². The second-order valence-corrected chi connectivity index (χ2v) is 8.48. The minimum Gasteiger partial charge on any atom is -0.407 e. The van der Waals surface area contributed by atoms with Crippen molar-refractivity contribution in [1.29, 1.82) is 0 Å². The van der Waals surface area contributed by atoms with E-state index in [0.29, 0.717) is 0 Å². The van der Waals surface area contributed by atoms with Gasteiger partial charge in [-0.25, -0.2) is 0 Å². The SMILES string of the molecule is C=CCC1=C(C)C(O[Si](C)C)(C(C)(C)C)CC1=C. The average molecular weight is 263 g/mol. The standard InChI is InChI=1S/C16H27OSi/c1-9-10-14-12(2)11-16(13(14)3,15(4,5)6)17-18(7)8/h9H,1-2,10-11H2,3-8H3. The highest BCUT2D eigenvalue weighted by atomic mass is 28.3. The number of rotatable bonds is 4. The van der Waals surface area contributed by atoms with E-state index in [1.165, 1.54) is 16.7 Å². The van der Waals surface area contributed by atoms with Gasteiger partial charge in [-0.1, -0.05) is 33.4 Å². The molecule has 101 valence electrons. The van der Waals surface area contributed by atoms with Crippen LogP contribution in [-0.4, -0.2) is 14.6 Å². The Kier molecular flexibility index (Phi) is 4.45. The van der Waals surface area contributed by atoms with Crippen molar-refractivity contribution < 1.29 is 4.43 Å². The van der Waals surface area contributed by atoms with Crippen LogP contribution in [0.3, 0.4) is 0 Å². The molecule has 18 heavy (non-hydrogen) atoms. The molecule has 0 fully saturated rings. The Morgan fingerprint density at radius 1 is 1.39 bits per heavy atom. The number of allylic oxidation sites excluding steroid dienone is 2. The third kappa shape index (κ3) is 2.55. The molecule has 1 nitrogen and oxygen atoms in total. The molecular formula is C16H27OSi. The van der Waals surface area contributed by atoms with E-state index in [9.17, 15) is 0 Å². The lowest BCUT2D eigenvalue weighted by molar-refractivity contribution is 0.00494. The Hall–Kier alpha value is -0.603. The van der Waals surface area contributed by atoms with Crippen LogP contribution in [0.4, 0.5) is 0 Å². The Labute approximate surface area is 114 Å². The molecule has 2 heteroatoms. The maximum absolute atomic E-state index is 6.47. The van der Waals surface area contributed by atoms with E-state index >= 15 is 0 Å². The molecule has 0 spiro atoms. The second-order valence-electron chi connectivity index (χ2n) is 6.46. The van der Waals surface area contributed by atoms with Gasteiger partial charge >= 0.3 is 0 Å². The van der Waals surface area contributed by atoms with E-state index in [1.807, 2.05) is 6.08 Å². The van der Waals surface area contributed by atoms with Crippen LogP contribution < -0.4 is 0 Å². The number of hydrogen-bond acceptors (Lipinski definition) is 1. The maximum atomic E-state index is 6.47. The molecular weight excluding hydrogens is 236 g/mol. The molecule has 1 radical (unpaired) electrons.